The lowest BCUT2D eigenvalue weighted by atomic mass is 9.94. The van der Waals surface area contributed by atoms with E-state index in [4.69, 9.17) is 0 Å². The topological polar surface area (TPSA) is 61.4 Å². The Morgan fingerprint density at radius 1 is 1.04 bits per heavy atom. The second-order valence-electron chi connectivity index (χ2n) is 8.56. The lowest BCUT2D eigenvalue weighted by molar-refractivity contribution is -0.129. The lowest BCUT2D eigenvalue weighted by Gasteiger charge is -2.24. The van der Waals surface area contributed by atoms with Crippen LogP contribution in [0.5, 0.6) is 0 Å². The van der Waals surface area contributed by atoms with Crippen LogP contribution in [0, 0.1) is 5.41 Å². The number of amides is 2. The molecule has 1 aromatic rings. The summed E-state index contributed by atoms with van der Waals surface area (Å²) in [5.74, 6) is -0.381. The zero-order chi connectivity index (χ0) is 20.0. The Morgan fingerprint density at radius 3 is 2.15 bits per heavy atom. The number of rotatable bonds is 5. The summed E-state index contributed by atoms with van der Waals surface area (Å²) in [6.07, 6.45) is 7.28. The van der Waals surface area contributed by atoms with Crippen molar-refractivity contribution in [1.29, 1.82) is 0 Å². The molecule has 2 rings (SSSR count). The molecular weight excluding hydrogens is 338 g/mol. The van der Waals surface area contributed by atoms with E-state index in [1.807, 2.05) is 64.0 Å². The van der Waals surface area contributed by atoms with E-state index in [1.54, 1.807) is 6.08 Å². The first kappa shape index (κ1) is 21.0. The molecule has 0 bridgehead atoms. The second kappa shape index (κ2) is 9.07. The second-order valence-corrected chi connectivity index (χ2v) is 8.56. The van der Waals surface area contributed by atoms with Crippen LogP contribution < -0.4 is 15.5 Å². The van der Waals surface area contributed by atoms with Crippen LogP contribution in [0.25, 0.3) is 6.08 Å². The van der Waals surface area contributed by atoms with Gasteiger partial charge in [-0.15, -0.1) is 0 Å². The van der Waals surface area contributed by atoms with Crippen molar-refractivity contribution in [3.63, 3.8) is 0 Å². The first-order chi connectivity index (χ1) is 12.7. The van der Waals surface area contributed by atoms with Crippen LogP contribution >= 0.6 is 0 Å². The molecule has 0 saturated heterocycles. The van der Waals surface area contributed by atoms with Gasteiger partial charge in [-0.3, -0.25) is 9.59 Å². The van der Waals surface area contributed by atoms with Crippen molar-refractivity contribution >= 4 is 23.6 Å². The molecule has 148 valence electrons. The zero-order valence-corrected chi connectivity index (χ0v) is 17.3. The Kier molecular flexibility index (Phi) is 7.05. The number of nitrogens with zero attached hydrogens (tertiary/aromatic N) is 1. The smallest absolute Gasteiger partial charge is 0.268 e. The highest BCUT2D eigenvalue weighted by molar-refractivity contribution is 6.02. The first-order valence-corrected chi connectivity index (χ1v) is 9.78. The number of anilines is 1. The van der Waals surface area contributed by atoms with Gasteiger partial charge in [-0.2, -0.15) is 0 Å². The first-order valence-electron chi connectivity index (χ1n) is 9.78. The molecule has 5 heteroatoms. The van der Waals surface area contributed by atoms with Crippen LogP contribution in [0.3, 0.4) is 0 Å². The van der Waals surface area contributed by atoms with Gasteiger partial charge in [0.2, 0.25) is 5.91 Å². The maximum atomic E-state index is 12.9. The summed E-state index contributed by atoms with van der Waals surface area (Å²) < 4.78 is 0. The molecule has 1 fully saturated rings. The normalized spacial score (nSPS) is 16.0. The van der Waals surface area contributed by atoms with Crippen molar-refractivity contribution in [1.82, 2.24) is 10.6 Å². The SMILES string of the molecule is CN(C)c1ccc(/C=C(/NC(=O)C(C)(C)C)C(=O)NC2CCCCC2)cc1. The van der Waals surface area contributed by atoms with Gasteiger partial charge in [0.15, 0.2) is 0 Å². The molecule has 0 atom stereocenters. The van der Waals surface area contributed by atoms with Gasteiger partial charge in [-0.05, 0) is 36.6 Å². The Labute approximate surface area is 163 Å². The Hall–Kier alpha value is -2.30. The monoisotopic (exact) mass is 371 g/mol. The van der Waals surface area contributed by atoms with Gasteiger partial charge in [-0.25, -0.2) is 0 Å². The van der Waals surface area contributed by atoms with Gasteiger partial charge >= 0.3 is 0 Å². The molecule has 1 saturated carbocycles. The highest BCUT2D eigenvalue weighted by Gasteiger charge is 2.25. The predicted octanol–water partition coefficient (Wildman–Crippen LogP) is 3.70. The fourth-order valence-corrected chi connectivity index (χ4v) is 3.01. The molecule has 0 radical (unpaired) electrons. The van der Waals surface area contributed by atoms with Crippen LogP contribution in [0.15, 0.2) is 30.0 Å². The molecule has 27 heavy (non-hydrogen) atoms. The van der Waals surface area contributed by atoms with Crippen LogP contribution in [0.2, 0.25) is 0 Å². The van der Waals surface area contributed by atoms with Crippen LogP contribution in [-0.2, 0) is 9.59 Å². The highest BCUT2D eigenvalue weighted by Crippen LogP contribution is 2.19. The van der Waals surface area contributed by atoms with E-state index in [-0.39, 0.29) is 17.9 Å². The number of nitrogens with one attached hydrogen (secondary N) is 2. The van der Waals surface area contributed by atoms with Crippen molar-refractivity contribution < 1.29 is 9.59 Å². The number of hydrogen-bond acceptors (Lipinski definition) is 3. The average molecular weight is 372 g/mol. The molecule has 2 N–H and O–H groups in total. The van der Waals surface area contributed by atoms with Crippen molar-refractivity contribution in [3.8, 4) is 0 Å². The largest absolute Gasteiger partial charge is 0.378 e. The molecular formula is C22H33N3O2. The minimum absolute atomic E-state index is 0.169. The third kappa shape index (κ3) is 6.42. The predicted molar refractivity (Wildman–Crippen MR) is 111 cm³/mol. The summed E-state index contributed by atoms with van der Waals surface area (Å²) in [6.45, 7) is 5.51. The highest BCUT2D eigenvalue weighted by atomic mass is 16.2. The van der Waals surface area contributed by atoms with Crippen molar-refractivity contribution in [2.24, 2.45) is 5.41 Å². The third-order valence-corrected chi connectivity index (χ3v) is 4.83. The van der Waals surface area contributed by atoms with E-state index in [9.17, 15) is 9.59 Å². The minimum atomic E-state index is -0.570. The molecule has 0 aliphatic heterocycles. The van der Waals surface area contributed by atoms with E-state index in [1.165, 1.54) is 6.42 Å². The lowest BCUT2D eigenvalue weighted by Crippen LogP contribution is -2.43. The molecule has 1 aliphatic carbocycles. The summed E-state index contributed by atoms with van der Waals surface area (Å²) >= 11 is 0. The molecule has 2 amide bonds. The molecule has 0 unspecified atom stereocenters. The van der Waals surface area contributed by atoms with E-state index in [0.717, 1.165) is 36.9 Å². The molecule has 0 heterocycles. The quantitative estimate of drug-likeness (QED) is 0.776. The molecule has 1 aromatic carbocycles. The number of benzene rings is 1. The van der Waals surface area contributed by atoms with Crippen molar-refractivity contribution in [2.75, 3.05) is 19.0 Å². The molecule has 1 aliphatic rings. The summed E-state index contributed by atoms with van der Waals surface area (Å²) in [6, 6.07) is 8.08. The van der Waals surface area contributed by atoms with Crippen LogP contribution in [-0.4, -0.2) is 32.0 Å². The van der Waals surface area contributed by atoms with E-state index in [2.05, 4.69) is 10.6 Å². The Morgan fingerprint density at radius 2 is 1.63 bits per heavy atom. The van der Waals surface area contributed by atoms with Crippen molar-refractivity contribution in [2.45, 2.75) is 58.9 Å². The van der Waals surface area contributed by atoms with Crippen LogP contribution in [0.4, 0.5) is 5.69 Å². The number of carbonyl (C=O) groups excluding carboxylic acids is 2. The van der Waals surface area contributed by atoms with Crippen molar-refractivity contribution in [3.05, 3.63) is 35.5 Å². The van der Waals surface area contributed by atoms with E-state index < -0.39 is 5.41 Å². The fraction of sp³-hybridized carbons (Fsp3) is 0.545. The minimum Gasteiger partial charge on any atom is -0.378 e. The maximum Gasteiger partial charge on any atom is 0.268 e. The maximum absolute atomic E-state index is 12.9. The van der Waals surface area contributed by atoms with Gasteiger partial charge in [0.1, 0.15) is 5.70 Å². The molecule has 0 aromatic heterocycles. The van der Waals surface area contributed by atoms with Gasteiger partial charge in [-0.1, -0.05) is 52.2 Å². The Balaban J connectivity index is 2.21. The average Bonchev–Trinajstić information content (AvgIpc) is 2.61. The van der Waals surface area contributed by atoms with E-state index in [0.29, 0.717) is 5.70 Å². The Bertz CT molecular complexity index is 679. The standard InChI is InChI=1S/C22H33N3O2/c1-22(2,3)21(27)24-19(20(26)23-17-9-7-6-8-10-17)15-16-11-13-18(14-12-16)25(4)5/h11-15,17H,6-10H2,1-5H3,(H,23,26)(H,24,27)/b19-15+. The van der Waals surface area contributed by atoms with Gasteiger partial charge in [0.05, 0.1) is 0 Å². The summed E-state index contributed by atoms with van der Waals surface area (Å²) in [7, 11) is 3.97. The van der Waals surface area contributed by atoms with Gasteiger partial charge in [0.25, 0.3) is 5.91 Å². The number of carbonyl (C=O) groups is 2. The molecule has 5 nitrogen and oxygen atoms in total. The third-order valence-electron chi connectivity index (χ3n) is 4.83. The fourth-order valence-electron chi connectivity index (χ4n) is 3.01. The summed E-state index contributed by atoms with van der Waals surface area (Å²) in [5, 5.41) is 5.93. The van der Waals surface area contributed by atoms with E-state index >= 15 is 0 Å². The molecule has 0 spiro atoms. The zero-order valence-electron chi connectivity index (χ0n) is 17.3. The van der Waals surface area contributed by atoms with Gasteiger partial charge < -0.3 is 15.5 Å². The van der Waals surface area contributed by atoms with Gasteiger partial charge in [0, 0.05) is 31.2 Å². The van der Waals surface area contributed by atoms with Crippen LogP contribution in [0.1, 0.15) is 58.4 Å². The summed E-state index contributed by atoms with van der Waals surface area (Å²) in [4.78, 5) is 27.3. The summed E-state index contributed by atoms with van der Waals surface area (Å²) in [5.41, 5.74) is 1.69. The number of hydrogen-bond donors (Lipinski definition) is 2.